The van der Waals surface area contributed by atoms with Gasteiger partial charge in [0.1, 0.15) is 0 Å². The van der Waals surface area contributed by atoms with E-state index in [-0.39, 0.29) is 0 Å². The smallest absolute Gasteiger partial charge is 0.173 e. The van der Waals surface area contributed by atoms with E-state index in [1.54, 1.807) is 18.2 Å². The summed E-state index contributed by atoms with van der Waals surface area (Å²) >= 11 is 2.08. The predicted octanol–water partition coefficient (Wildman–Crippen LogP) is 3.53. The molecule has 0 heterocycles. The van der Waals surface area contributed by atoms with Crippen molar-refractivity contribution in [3.05, 3.63) is 39.5 Å². The molecular weight excluding hydrogens is 261 g/mol. The minimum absolute atomic E-state index is 0.539. The van der Waals surface area contributed by atoms with Crippen LogP contribution in [-0.4, -0.2) is 0 Å². The fourth-order valence-electron chi connectivity index (χ4n) is 0.722. The molecule has 0 unspecified atom stereocenters. The zero-order valence-electron chi connectivity index (χ0n) is 5.52. The lowest BCUT2D eigenvalue weighted by Crippen LogP contribution is -1.73. The first-order valence-corrected chi connectivity index (χ1v) is 4.04. The van der Waals surface area contributed by atoms with Crippen LogP contribution in [0.15, 0.2) is 30.3 Å². The van der Waals surface area contributed by atoms with E-state index in [2.05, 4.69) is 22.6 Å². The van der Waals surface area contributed by atoms with Gasteiger partial charge in [-0.25, -0.2) is 0 Å². The van der Waals surface area contributed by atoms with Gasteiger partial charge in [0, 0.05) is 9.65 Å². The van der Waals surface area contributed by atoms with Crippen LogP contribution < -0.4 is 0 Å². The second-order valence-electron chi connectivity index (χ2n) is 1.99. The van der Waals surface area contributed by atoms with E-state index in [1.165, 1.54) is 0 Å². The lowest BCUT2D eigenvalue weighted by Gasteiger charge is -1.92. The van der Waals surface area contributed by atoms with E-state index in [0.717, 1.165) is 9.65 Å². The summed E-state index contributed by atoms with van der Waals surface area (Å²) < 4.78 is 24.4. The topological polar surface area (TPSA) is 0 Å². The van der Waals surface area contributed by atoms with Crippen LogP contribution in [0.1, 0.15) is 5.56 Å². The summed E-state index contributed by atoms with van der Waals surface area (Å²) in [5.74, 6) is 0. The van der Waals surface area contributed by atoms with Crippen LogP contribution in [0.5, 0.6) is 0 Å². The van der Waals surface area contributed by atoms with Gasteiger partial charge in [-0.3, -0.25) is 0 Å². The standard InChI is InChI=1S/C8H5F2I/c9-8(10)5-6-2-1-3-7(11)4-6/h1-5H. The lowest BCUT2D eigenvalue weighted by atomic mass is 10.2. The minimum atomic E-state index is -1.66. The molecule has 0 saturated carbocycles. The second-order valence-corrected chi connectivity index (χ2v) is 3.23. The number of hydrogen-bond acceptors (Lipinski definition) is 0. The zero-order chi connectivity index (χ0) is 8.27. The molecule has 1 rings (SSSR count). The highest BCUT2D eigenvalue weighted by atomic mass is 127. The van der Waals surface area contributed by atoms with Gasteiger partial charge >= 0.3 is 0 Å². The quantitative estimate of drug-likeness (QED) is 0.682. The van der Waals surface area contributed by atoms with Crippen LogP contribution in [0.25, 0.3) is 6.08 Å². The summed E-state index contributed by atoms with van der Waals surface area (Å²) in [6, 6.07) is 6.94. The molecule has 11 heavy (non-hydrogen) atoms. The molecule has 0 radical (unpaired) electrons. The first-order chi connectivity index (χ1) is 5.18. The van der Waals surface area contributed by atoms with Crippen LogP contribution in [-0.2, 0) is 0 Å². The van der Waals surface area contributed by atoms with Gasteiger partial charge in [0.2, 0.25) is 0 Å². The molecule has 58 valence electrons. The Bertz CT molecular complexity index is 277. The van der Waals surface area contributed by atoms with Gasteiger partial charge in [0.25, 0.3) is 6.08 Å². The maximum absolute atomic E-state index is 11.7. The molecule has 0 N–H and O–H groups in total. The van der Waals surface area contributed by atoms with Gasteiger partial charge in [-0.15, -0.1) is 0 Å². The van der Waals surface area contributed by atoms with E-state index < -0.39 is 6.08 Å². The van der Waals surface area contributed by atoms with E-state index >= 15 is 0 Å². The van der Waals surface area contributed by atoms with Crippen LogP contribution in [0.4, 0.5) is 8.78 Å². The predicted molar refractivity (Wildman–Crippen MR) is 49.4 cm³/mol. The molecule has 0 aliphatic heterocycles. The van der Waals surface area contributed by atoms with E-state index in [9.17, 15) is 8.78 Å². The summed E-state index contributed by atoms with van der Waals surface area (Å²) in [5.41, 5.74) is 0.539. The van der Waals surface area contributed by atoms with Gasteiger partial charge in [-0.1, -0.05) is 12.1 Å². The molecule has 1 aromatic carbocycles. The van der Waals surface area contributed by atoms with Crippen molar-refractivity contribution in [3.63, 3.8) is 0 Å². The highest BCUT2D eigenvalue weighted by molar-refractivity contribution is 14.1. The van der Waals surface area contributed by atoms with Gasteiger partial charge < -0.3 is 0 Å². The lowest BCUT2D eigenvalue weighted by molar-refractivity contribution is 0.429. The minimum Gasteiger partial charge on any atom is -0.173 e. The molecular formula is C8H5F2I. The van der Waals surface area contributed by atoms with Crippen LogP contribution >= 0.6 is 22.6 Å². The van der Waals surface area contributed by atoms with Gasteiger partial charge in [0.15, 0.2) is 0 Å². The van der Waals surface area contributed by atoms with Gasteiger partial charge in [-0.05, 0) is 40.3 Å². The second kappa shape index (κ2) is 3.80. The zero-order valence-corrected chi connectivity index (χ0v) is 7.68. The van der Waals surface area contributed by atoms with Crippen LogP contribution in [0.3, 0.4) is 0 Å². The molecule has 0 amide bonds. The van der Waals surface area contributed by atoms with Gasteiger partial charge in [0.05, 0.1) is 0 Å². The number of hydrogen-bond donors (Lipinski definition) is 0. The molecule has 0 bridgehead atoms. The van der Waals surface area contributed by atoms with E-state index in [4.69, 9.17) is 0 Å². The maximum Gasteiger partial charge on any atom is 0.270 e. The molecule has 3 heteroatoms. The Morgan fingerprint density at radius 2 is 2.09 bits per heavy atom. The van der Waals surface area contributed by atoms with Crippen molar-refractivity contribution >= 4 is 28.7 Å². The van der Waals surface area contributed by atoms with Crippen molar-refractivity contribution in [2.75, 3.05) is 0 Å². The summed E-state index contributed by atoms with van der Waals surface area (Å²) in [7, 11) is 0. The summed E-state index contributed by atoms with van der Waals surface area (Å²) in [6.07, 6.45) is -0.811. The van der Waals surface area contributed by atoms with Crippen molar-refractivity contribution in [1.82, 2.24) is 0 Å². The van der Waals surface area contributed by atoms with Crippen molar-refractivity contribution in [2.24, 2.45) is 0 Å². The van der Waals surface area contributed by atoms with Crippen molar-refractivity contribution in [1.29, 1.82) is 0 Å². The summed E-state index contributed by atoms with van der Waals surface area (Å²) in [6.45, 7) is 0. The molecule has 0 aromatic heterocycles. The fourth-order valence-corrected chi connectivity index (χ4v) is 1.29. The first kappa shape index (κ1) is 8.64. The molecule has 0 nitrogen and oxygen atoms in total. The molecule has 0 saturated heterocycles. The van der Waals surface area contributed by atoms with Crippen molar-refractivity contribution in [3.8, 4) is 0 Å². The average molecular weight is 266 g/mol. The average Bonchev–Trinajstić information content (AvgIpc) is 1.85. The van der Waals surface area contributed by atoms with Gasteiger partial charge in [-0.2, -0.15) is 8.78 Å². The third kappa shape index (κ3) is 2.96. The Kier molecular flexibility index (Phi) is 2.99. The molecule has 0 aliphatic rings. The largest absolute Gasteiger partial charge is 0.270 e. The highest BCUT2D eigenvalue weighted by Crippen LogP contribution is 2.12. The SMILES string of the molecule is FC(F)=Cc1cccc(I)c1. The first-order valence-electron chi connectivity index (χ1n) is 2.97. The Hall–Kier alpha value is -0.450. The third-order valence-electron chi connectivity index (χ3n) is 1.12. The van der Waals surface area contributed by atoms with Crippen LogP contribution in [0.2, 0.25) is 0 Å². The Labute approximate surface area is 77.1 Å². The number of halogens is 3. The molecule has 0 fully saturated rings. The van der Waals surface area contributed by atoms with E-state index in [1.807, 2.05) is 6.07 Å². The number of rotatable bonds is 1. The normalized spacial score (nSPS) is 9.36. The molecule has 0 atom stereocenters. The number of benzene rings is 1. The third-order valence-corrected chi connectivity index (χ3v) is 1.80. The Balaban J connectivity index is 2.97. The highest BCUT2D eigenvalue weighted by Gasteiger charge is 1.92. The molecule has 0 aliphatic carbocycles. The molecule has 1 aromatic rings. The Morgan fingerprint density at radius 3 is 2.64 bits per heavy atom. The van der Waals surface area contributed by atoms with E-state index in [0.29, 0.717) is 5.56 Å². The van der Waals surface area contributed by atoms with Crippen LogP contribution in [0, 0.1) is 3.57 Å². The summed E-state index contributed by atoms with van der Waals surface area (Å²) in [5, 5.41) is 0. The summed E-state index contributed by atoms with van der Waals surface area (Å²) in [4.78, 5) is 0. The van der Waals surface area contributed by atoms with Crippen molar-refractivity contribution in [2.45, 2.75) is 0 Å². The maximum atomic E-state index is 11.7. The van der Waals surface area contributed by atoms with Crippen molar-refractivity contribution < 1.29 is 8.78 Å². The monoisotopic (exact) mass is 266 g/mol. The molecule has 0 spiro atoms. The fraction of sp³-hybridized carbons (Fsp3) is 0. The Morgan fingerprint density at radius 1 is 1.36 bits per heavy atom.